The van der Waals surface area contributed by atoms with Gasteiger partial charge in [0.05, 0.1) is 17.1 Å². The molecule has 1 aromatic heterocycles. The van der Waals surface area contributed by atoms with Crippen LogP contribution in [0.2, 0.25) is 5.02 Å². The molecule has 0 aliphatic heterocycles. The summed E-state index contributed by atoms with van der Waals surface area (Å²) >= 11 is 7.22. The highest BCUT2D eigenvalue weighted by atomic mass is 35.5. The molecule has 0 N–H and O–H groups in total. The van der Waals surface area contributed by atoms with Crippen LogP contribution in [0.5, 0.6) is 0 Å². The van der Waals surface area contributed by atoms with E-state index >= 15 is 0 Å². The molecule has 0 spiro atoms. The van der Waals surface area contributed by atoms with E-state index in [0.29, 0.717) is 27.4 Å². The number of halogens is 1. The molecule has 1 fully saturated rings. The van der Waals surface area contributed by atoms with E-state index in [1.807, 2.05) is 0 Å². The minimum absolute atomic E-state index is 0.0406. The second-order valence-corrected chi connectivity index (χ2v) is 9.07. The van der Waals surface area contributed by atoms with Gasteiger partial charge in [-0.05, 0) is 42.5 Å². The SMILES string of the molecule is CC12CCC(c3nnc(SCC(=O)c4ccc(Cl)cc4)nc31)C2(C)C. The van der Waals surface area contributed by atoms with Crippen LogP contribution in [0.1, 0.15) is 61.3 Å². The molecule has 1 saturated carbocycles. The molecule has 130 valence electrons. The summed E-state index contributed by atoms with van der Waals surface area (Å²) in [5.74, 6) is 0.784. The van der Waals surface area contributed by atoms with E-state index in [9.17, 15) is 4.79 Å². The van der Waals surface area contributed by atoms with Crippen LogP contribution in [0, 0.1) is 5.41 Å². The molecular formula is C19H20ClN3OS. The van der Waals surface area contributed by atoms with Gasteiger partial charge >= 0.3 is 0 Å². The third-order valence-corrected chi connectivity index (χ3v) is 7.36. The fourth-order valence-electron chi connectivity index (χ4n) is 4.27. The molecule has 2 unspecified atom stereocenters. The normalized spacial score (nSPS) is 25.8. The van der Waals surface area contributed by atoms with Crippen molar-refractivity contribution in [2.24, 2.45) is 5.41 Å². The summed E-state index contributed by atoms with van der Waals surface area (Å²) in [5, 5.41) is 9.97. The molecule has 1 aromatic carbocycles. The Balaban J connectivity index is 1.53. The van der Waals surface area contributed by atoms with Crippen molar-refractivity contribution in [2.45, 2.75) is 50.1 Å². The molecular weight excluding hydrogens is 354 g/mol. The number of benzene rings is 1. The van der Waals surface area contributed by atoms with Gasteiger partial charge in [0.15, 0.2) is 5.78 Å². The van der Waals surface area contributed by atoms with Crippen molar-refractivity contribution < 1.29 is 4.79 Å². The van der Waals surface area contributed by atoms with Crippen LogP contribution >= 0.6 is 23.4 Å². The van der Waals surface area contributed by atoms with Gasteiger partial charge in [-0.25, -0.2) is 4.98 Å². The van der Waals surface area contributed by atoms with E-state index in [4.69, 9.17) is 16.6 Å². The van der Waals surface area contributed by atoms with Crippen LogP contribution in [-0.4, -0.2) is 26.7 Å². The predicted molar refractivity (Wildman–Crippen MR) is 99.4 cm³/mol. The highest BCUT2D eigenvalue weighted by Crippen LogP contribution is 2.66. The first-order valence-corrected chi connectivity index (χ1v) is 9.86. The van der Waals surface area contributed by atoms with Gasteiger partial charge < -0.3 is 0 Å². The van der Waals surface area contributed by atoms with Crippen LogP contribution < -0.4 is 0 Å². The first-order valence-electron chi connectivity index (χ1n) is 8.49. The summed E-state index contributed by atoms with van der Waals surface area (Å²) in [5.41, 5.74) is 3.02. The molecule has 2 aliphatic carbocycles. The van der Waals surface area contributed by atoms with Crippen LogP contribution in [0.3, 0.4) is 0 Å². The number of hydrogen-bond donors (Lipinski definition) is 0. The number of carbonyl (C=O) groups is 1. The van der Waals surface area contributed by atoms with Crippen molar-refractivity contribution in [2.75, 3.05) is 5.75 Å². The lowest BCUT2D eigenvalue weighted by Crippen LogP contribution is -2.32. The quantitative estimate of drug-likeness (QED) is 0.575. The van der Waals surface area contributed by atoms with E-state index < -0.39 is 0 Å². The molecule has 4 nitrogen and oxygen atoms in total. The number of ketones is 1. The van der Waals surface area contributed by atoms with E-state index in [0.717, 1.165) is 24.2 Å². The molecule has 25 heavy (non-hydrogen) atoms. The lowest BCUT2D eigenvalue weighted by Gasteiger charge is -2.33. The Morgan fingerprint density at radius 2 is 1.96 bits per heavy atom. The number of fused-ring (bicyclic) bond motifs is 5. The van der Waals surface area contributed by atoms with Gasteiger partial charge in [-0.3, -0.25) is 4.79 Å². The second-order valence-electron chi connectivity index (χ2n) is 7.69. The minimum atomic E-state index is 0.0406. The fraction of sp³-hybridized carbons (Fsp3) is 0.474. The van der Waals surface area contributed by atoms with Gasteiger partial charge in [0.25, 0.3) is 0 Å². The smallest absolute Gasteiger partial charge is 0.209 e. The van der Waals surface area contributed by atoms with Crippen LogP contribution in [-0.2, 0) is 5.41 Å². The van der Waals surface area contributed by atoms with Gasteiger partial charge in [-0.15, -0.1) is 5.10 Å². The summed E-state index contributed by atoms with van der Waals surface area (Å²) in [7, 11) is 0. The zero-order chi connectivity index (χ0) is 17.8. The standard InChI is InChI=1S/C19H20ClN3OS/c1-18(2)13-8-9-19(18,3)16-15(13)22-23-17(21-16)25-10-14(24)11-4-6-12(20)7-5-11/h4-7,13H,8-10H2,1-3H3. The van der Waals surface area contributed by atoms with Gasteiger partial charge in [-0.2, -0.15) is 5.10 Å². The maximum atomic E-state index is 12.3. The molecule has 4 rings (SSSR count). The Labute approximate surface area is 156 Å². The van der Waals surface area contributed by atoms with Crippen molar-refractivity contribution in [3.05, 3.63) is 46.2 Å². The van der Waals surface area contributed by atoms with E-state index in [1.54, 1.807) is 24.3 Å². The Morgan fingerprint density at radius 1 is 1.24 bits per heavy atom. The molecule has 2 bridgehead atoms. The Hall–Kier alpha value is -1.46. The van der Waals surface area contributed by atoms with E-state index in [2.05, 4.69) is 31.0 Å². The number of hydrogen-bond acceptors (Lipinski definition) is 5. The predicted octanol–water partition coefficient (Wildman–Crippen LogP) is 4.67. The topological polar surface area (TPSA) is 55.7 Å². The van der Waals surface area contributed by atoms with Crippen molar-refractivity contribution in [3.8, 4) is 0 Å². The second kappa shape index (κ2) is 5.78. The van der Waals surface area contributed by atoms with Gasteiger partial charge in [-0.1, -0.05) is 44.1 Å². The third-order valence-electron chi connectivity index (χ3n) is 6.27. The third kappa shape index (κ3) is 2.51. The van der Waals surface area contributed by atoms with Crippen molar-refractivity contribution in [1.29, 1.82) is 0 Å². The maximum absolute atomic E-state index is 12.3. The highest BCUT2D eigenvalue weighted by Gasteiger charge is 2.61. The number of carbonyl (C=O) groups excluding carboxylic acids is 1. The van der Waals surface area contributed by atoms with Gasteiger partial charge in [0, 0.05) is 21.9 Å². The average molecular weight is 374 g/mol. The number of nitrogens with zero attached hydrogens (tertiary/aromatic N) is 3. The maximum Gasteiger partial charge on any atom is 0.209 e. The van der Waals surface area contributed by atoms with Crippen LogP contribution in [0.25, 0.3) is 0 Å². The number of rotatable bonds is 4. The molecule has 2 atom stereocenters. The molecule has 2 aliphatic rings. The molecule has 6 heteroatoms. The lowest BCUT2D eigenvalue weighted by molar-refractivity contribution is 0.102. The van der Waals surface area contributed by atoms with Crippen molar-refractivity contribution >= 4 is 29.1 Å². The Morgan fingerprint density at radius 3 is 2.68 bits per heavy atom. The summed E-state index contributed by atoms with van der Waals surface area (Å²) in [6.45, 7) is 6.91. The lowest BCUT2D eigenvalue weighted by atomic mass is 9.70. The first-order chi connectivity index (χ1) is 11.8. The Bertz CT molecular complexity index is 852. The molecule has 0 amide bonds. The summed E-state index contributed by atoms with van der Waals surface area (Å²) in [4.78, 5) is 17.1. The van der Waals surface area contributed by atoms with Gasteiger partial charge in [0.1, 0.15) is 0 Å². The average Bonchev–Trinajstić information content (AvgIpc) is 2.92. The molecule has 2 aromatic rings. The van der Waals surface area contributed by atoms with Crippen molar-refractivity contribution in [3.63, 3.8) is 0 Å². The highest BCUT2D eigenvalue weighted by molar-refractivity contribution is 7.99. The van der Waals surface area contributed by atoms with E-state index in [1.165, 1.54) is 11.8 Å². The zero-order valence-electron chi connectivity index (χ0n) is 14.5. The first kappa shape index (κ1) is 17.0. The molecule has 1 heterocycles. The largest absolute Gasteiger partial charge is 0.293 e. The van der Waals surface area contributed by atoms with E-state index in [-0.39, 0.29) is 16.6 Å². The van der Waals surface area contributed by atoms with Crippen molar-refractivity contribution in [1.82, 2.24) is 15.2 Å². The van der Waals surface area contributed by atoms with Crippen LogP contribution in [0.15, 0.2) is 29.4 Å². The molecule has 0 radical (unpaired) electrons. The number of Topliss-reactive ketones (excluding diaryl/α,β-unsaturated/α-hetero) is 1. The van der Waals surface area contributed by atoms with Crippen LogP contribution in [0.4, 0.5) is 0 Å². The summed E-state index contributed by atoms with van der Waals surface area (Å²) in [6.07, 6.45) is 2.30. The minimum Gasteiger partial charge on any atom is -0.293 e. The fourth-order valence-corrected chi connectivity index (χ4v) is 5.08. The monoisotopic (exact) mass is 373 g/mol. The Kier molecular flexibility index (Phi) is 3.92. The summed E-state index contributed by atoms with van der Waals surface area (Å²) in [6, 6.07) is 6.95. The summed E-state index contributed by atoms with van der Waals surface area (Å²) < 4.78 is 0. The van der Waals surface area contributed by atoms with Gasteiger partial charge in [0.2, 0.25) is 5.16 Å². The number of aromatic nitrogens is 3. The zero-order valence-corrected chi connectivity index (χ0v) is 16.1. The molecule has 0 saturated heterocycles. The number of thioether (sulfide) groups is 1.